The van der Waals surface area contributed by atoms with Gasteiger partial charge in [0.15, 0.2) is 0 Å². The van der Waals surface area contributed by atoms with Gasteiger partial charge in [0.05, 0.1) is 0 Å². The Morgan fingerprint density at radius 1 is 1.20 bits per heavy atom. The van der Waals surface area contributed by atoms with E-state index in [1.165, 1.54) is 0 Å². The molecule has 3 rings (SSSR count). The molecular weight excluding hydrogens is 336 g/mol. The number of hydrogen-bond donors (Lipinski definition) is 1. The normalized spacial score (nSPS) is 20.8. The average molecular weight is 363 g/mol. The second-order valence-corrected chi connectivity index (χ2v) is 7.33. The zero-order valence-electron chi connectivity index (χ0n) is 14.6. The number of rotatable bonds is 5. The number of benzene rings is 1. The van der Waals surface area contributed by atoms with E-state index in [-0.39, 0.29) is 5.91 Å². The lowest BCUT2D eigenvalue weighted by Crippen LogP contribution is -2.45. The van der Waals surface area contributed by atoms with Gasteiger partial charge in [0.1, 0.15) is 0 Å². The number of hydrogen-bond acceptors (Lipinski definition) is 3. The minimum atomic E-state index is -0.0493. The number of likely N-dealkylation sites (tertiary alicyclic amines) is 1. The Balaban J connectivity index is 1.38. The highest BCUT2D eigenvalue weighted by Gasteiger charge is 2.26. The van der Waals surface area contributed by atoms with Crippen LogP contribution in [0.2, 0.25) is 5.02 Å². The van der Waals surface area contributed by atoms with Crippen LogP contribution in [0, 0.1) is 5.92 Å². The third-order valence-corrected chi connectivity index (χ3v) is 5.59. The summed E-state index contributed by atoms with van der Waals surface area (Å²) in [6.07, 6.45) is 7.98. The lowest BCUT2D eigenvalue weighted by molar-refractivity contribution is -0.116. The van der Waals surface area contributed by atoms with Crippen LogP contribution in [0.5, 0.6) is 0 Å². The summed E-state index contributed by atoms with van der Waals surface area (Å²) in [6.45, 7) is 4.84. The van der Waals surface area contributed by atoms with E-state index in [9.17, 15) is 4.79 Å². The Kier molecular flexibility index (Phi) is 6.91. The minimum absolute atomic E-state index is 0.0493. The van der Waals surface area contributed by atoms with Crippen molar-refractivity contribution in [2.24, 2.45) is 5.92 Å². The van der Waals surface area contributed by atoms with Crippen molar-refractivity contribution in [2.45, 2.75) is 31.7 Å². The molecule has 0 unspecified atom stereocenters. The average Bonchev–Trinajstić information content (AvgIpc) is 2.67. The van der Waals surface area contributed by atoms with Crippen molar-refractivity contribution in [1.29, 1.82) is 0 Å². The molecule has 1 aromatic rings. The van der Waals surface area contributed by atoms with E-state index in [1.807, 2.05) is 24.3 Å². The lowest BCUT2D eigenvalue weighted by atomic mass is 9.94. The van der Waals surface area contributed by atoms with Gasteiger partial charge in [-0.25, -0.2) is 0 Å². The first kappa shape index (κ1) is 18.4. The van der Waals surface area contributed by atoms with E-state index < -0.39 is 0 Å². The van der Waals surface area contributed by atoms with Crippen LogP contribution in [0.1, 0.15) is 31.2 Å². The number of piperidine rings is 1. The monoisotopic (exact) mass is 362 g/mol. The summed E-state index contributed by atoms with van der Waals surface area (Å²) in [4.78, 5) is 14.6. The van der Waals surface area contributed by atoms with E-state index in [2.05, 4.69) is 10.2 Å². The number of ether oxygens (including phenoxy) is 1. The van der Waals surface area contributed by atoms with Gasteiger partial charge >= 0.3 is 0 Å². The molecule has 2 saturated heterocycles. The van der Waals surface area contributed by atoms with Gasteiger partial charge in [-0.15, -0.1) is 0 Å². The SMILES string of the molecule is O=C(C=Cc1ccccc1Cl)NCC1CCN(C2CCOCC2)CC1. The second-order valence-electron chi connectivity index (χ2n) is 6.92. The minimum Gasteiger partial charge on any atom is -0.381 e. The van der Waals surface area contributed by atoms with Gasteiger partial charge in [0, 0.05) is 36.9 Å². The molecule has 1 N–H and O–H groups in total. The van der Waals surface area contributed by atoms with Crippen LogP contribution in [0.15, 0.2) is 30.3 Å². The third kappa shape index (κ3) is 5.56. The van der Waals surface area contributed by atoms with Gasteiger partial charge in [-0.3, -0.25) is 4.79 Å². The van der Waals surface area contributed by atoms with Gasteiger partial charge in [-0.2, -0.15) is 0 Å². The van der Waals surface area contributed by atoms with Gasteiger partial charge in [-0.1, -0.05) is 29.8 Å². The molecule has 136 valence electrons. The predicted octanol–water partition coefficient (Wildman–Crippen LogP) is 3.36. The molecule has 2 heterocycles. The molecule has 0 spiro atoms. The van der Waals surface area contributed by atoms with Crippen LogP contribution in [0.4, 0.5) is 0 Å². The topological polar surface area (TPSA) is 41.6 Å². The van der Waals surface area contributed by atoms with Crippen molar-refractivity contribution in [3.8, 4) is 0 Å². The van der Waals surface area contributed by atoms with Crippen LogP contribution >= 0.6 is 11.6 Å². The lowest BCUT2D eigenvalue weighted by Gasteiger charge is -2.39. The Morgan fingerprint density at radius 3 is 2.64 bits per heavy atom. The second kappa shape index (κ2) is 9.37. The summed E-state index contributed by atoms with van der Waals surface area (Å²) in [7, 11) is 0. The summed E-state index contributed by atoms with van der Waals surface area (Å²) < 4.78 is 5.45. The highest BCUT2D eigenvalue weighted by Crippen LogP contribution is 2.22. The van der Waals surface area contributed by atoms with E-state index in [0.29, 0.717) is 17.0 Å². The number of carbonyl (C=O) groups excluding carboxylic acids is 1. The van der Waals surface area contributed by atoms with Gasteiger partial charge in [0.25, 0.3) is 0 Å². The Morgan fingerprint density at radius 2 is 1.92 bits per heavy atom. The van der Waals surface area contributed by atoms with Gasteiger partial charge in [0.2, 0.25) is 5.91 Å². The molecule has 2 aliphatic heterocycles. The molecule has 2 aliphatic rings. The van der Waals surface area contributed by atoms with Crippen molar-refractivity contribution in [1.82, 2.24) is 10.2 Å². The van der Waals surface area contributed by atoms with E-state index in [0.717, 1.165) is 64.1 Å². The van der Waals surface area contributed by atoms with E-state index in [1.54, 1.807) is 12.2 Å². The molecule has 0 radical (unpaired) electrons. The molecule has 2 fully saturated rings. The molecule has 25 heavy (non-hydrogen) atoms. The summed E-state index contributed by atoms with van der Waals surface area (Å²) in [5.74, 6) is 0.528. The molecule has 0 bridgehead atoms. The largest absolute Gasteiger partial charge is 0.381 e. The standard InChI is InChI=1S/C20H27ClN2O2/c21-19-4-2-1-3-17(19)5-6-20(24)22-15-16-7-11-23(12-8-16)18-9-13-25-14-10-18/h1-6,16,18H,7-15H2,(H,22,24). The van der Waals surface area contributed by atoms with E-state index >= 15 is 0 Å². The molecular formula is C20H27ClN2O2. The summed E-state index contributed by atoms with van der Waals surface area (Å²) in [6, 6.07) is 8.22. The first-order chi connectivity index (χ1) is 12.2. The fraction of sp³-hybridized carbons (Fsp3) is 0.550. The number of halogens is 1. The van der Waals surface area contributed by atoms with Crippen molar-refractivity contribution in [2.75, 3.05) is 32.8 Å². The Hall–Kier alpha value is -1.36. The van der Waals surface area contributed by atoms with Gasteiger partial charge in [-0.05, 0) is 62.4 Å². The van der Waals surface area contributed by atoms with Gasteiger partial charge < -0.3 is 15.0 Å². The maximum absolute atomic E-state index is 12.0. The zero-order chi connectivity index (χ0) is 17.5. The van der Waals surface area contributed by atoms with E-state index in [4.69, 9.17) is 16.3 Å². The molecule has 5 heteroatoms. The molecule has 0 aromatic heterocycles. The van der Waals surface area contributed by atoms with Crippen molar-refractivity contribution < 1.29 is 9.53 Å². The maximum Gasteiger partial charge on any atom is 0.244 e. The first-order valence-corrected chi connectivity index (χ1v) is 9.62. The van der Waals surface area contributed by atoms with Crippen LogP contribution in [0.3, 0.4) is 0 Å². The smallest absolute Gasteiger partial charge is 0.244 e. The van der Waals surface area contributed by atoms with Crippen LogP contribution in [-0.2, 0) is 9.53 Å². The van der Waals surface area contributed by atoms with Crippen LogP contribution < -0.4 is 5.32 Å². The Bertz CT molecular complexity index is 591. The Labute approximate surface area is 155 Å². The summed E-state index contributed by atoms with van der Waals surface area (Å²) in [5, 5.41) is 3.69. The highest BCUT2D eigenvalue weighted by molar-refractivity contribution is 6.32. The van der Waals surface area contributed by atoms with Crippen molar-refractivity contribution in [3.05, 3.63) is 40.9 Å². The maximum atomic E-state index is 12.0. The fourth-order valence-corrected chi connectivity index (χ4v) is 3.85. The van der Waals surface area contributed by atoms with Crippen LogP contribution in [-0.4, -0.2) is 49.7 Å². The molecule has 1 aromatic carbocycles. The summed E-state index contributed by atoms with van der Waals surface area (Å²) in [5.41, 5.74) is 0.865. The van der Waals surface area contributed by atoms with Crippen LogP contribution in [0.25, 0.3) is 6.08 Å². The van der Waals surface area contributed by atoms with Crippen molar-refractivity contribution in [3.63, 3.8) is 0 Å². The number of nitrogens with one attached hydrogen (secondary N) is 1. The molecule has 1 amide bonds. The zero-order valence-corrected chi connectivity index (χ0v) is 15.4. The predicted molar refractivity (Wildman–Crippen MR) is 102 cm³/mol. The number of nitrogens with zero attached hydrogens (tertiary/aromatic N) is 1. The third-order valence-electron chi connectivity index (χ3n) is 5.24. The molecule has 0 atom stereocenters. The molecule has 0 saturated carbocycles. The fourth-order valence-electron chi connectivity index (χ4n) is 3.65. The summed E-state index contributed by atoms with van der Waals surface area (Å²) >= 11 is 6.09. The molecule has 4 nitrogen and oxygen atoms in total. The highest BCUT2D eigenvalue weighted by atomic mass is 35.5. The van der Waals surface area contributed by atoms with Crippen molar-refractivity contribution >= 4 is 23.6 Å². The first-order valence-electron chi connectivity index (χ1n) is 9.24. The quantitative estimate of drug-likeness (QED) is 0.816. The number of amides is 1. The number of carbonyl (C=O) groups is 1. The molecule has 0 aliphatic carbocycles.